The minimum atomic E-state index is -0.335. The molecule has 1 aromatic carbocycles. The molecule has 4 nitrogen and oxygen atoms in total. The predicted octanol–water partition coefficient (Wildman–Crippen LogP) is 3.19. The van der Waals surface area contributed by atoms with Crippen molar-refractivity contribution in [3.05, 3.63) is 34.7 Å². The number of hydrogen-bond donors (Lipinski definition) is 1. The second-order valence-electron chi connectivity index (χ2n) is 4.12. The van der Waals surface area contributed by atoms with Gasteiger partial charge in [0, 0.05) is 0 Å². The number of carbonyl (C=O) groups excluding carboxylic acids is 2. The molecule has 0 spiro atoms. The summed E-state index contributed by atoms with van der Waals surface area (Å²) in [5, 5.41) is 1.90. The molecule has 0 unspecified atom stereocenters. The van der Waals surface area contributed by atoms with Crippen LogP contribution in [0.5, 0.6) is 5.75 Å². The van der Waals surface area contributed by atoms with Gasteiger partial charge in [-0.2, -0.15) is 0 Å². The SMILES string of the molecule is CCCCOc1ccc(C=C2SC(=O)NC2=O)cc1. The molecule has 1 N–H and O–H groups in total. The molecule has 1 aromatic rings. The molecule has 5 heteroatoms. The van der Waals surface area contributed by atoms with Gasteiger partial charge in [0.1, 0.15) is 5.75 Å². The lowest BCUT2D eigenvalue weighted by atomic mass is 10.2. The number of rotatable bonds is 5. The summed E-state index contributed by atoms with van der Waals surface area (Å²) >= 11 is 0.920. The maximum absolute atomic E-state index is 11.4. The van der Waals surface area contributed by atoms with Gasteiger partial charge in [0.25, 0.3) is 11.1 Å². The van der Waals surface area contributed by atoms with Gasteiger partial charge in [0.2, 0.25) is 0 Å². The lowest BCUT2D eigenvalue weighted by Crippen LogP contribution is -2.17. The molecule has 19 heavy (non-hydrogen) atoms. The summed E-state index contributed by atoms with van der Waals surface area (Å²) < 4.78 is 5.55. The van der Waals surface area contributed by atoms with E-state index < -0.39 is 0 Å². The Morgan fingerprint density at radius 2 is 2.00 bits per heavy atom. The zero-order valence-corrected chi connectivity index (χ0v) is 11.5. The number of imide groups is 1. The van der Waals surface area contributed by atoms with Crippen LogP contribution in [0.1, 0.15) is 25.3 Å². The fourth-order valence-corrected chi connectivity index (χ4v) is 2.25. The smallest absolute Gasteiger partial charge is 0.290 e. The van der Waals surface area contributed by atoms with E-state index in [1.165, 1.54) is 0 Å². The largest absolute Gasteiger partial charge is 0.494 e. The van der Waals surface area contributed by atoms with Crippen LogP contribution in [0.25, 0.3) is 6.08 Å². The highest BCUT2D eigenvalue weighted by Gasteiger charge is 2.24. The molecule has 2 amide bonds. The highest BCUT2D eigenvalue weighted by Crippen LogP contribution is 2.26. The van der Waals surface area contributed by atoms with Crippen LogP contribution in [0.2, 0.25) is 0 Å². The third-order valence-electron chi connectivity index (χ3n) is 2.59. The van der Waals surface area contributed by atoms with Gasteiger partial charge in [-0.3, -0.25) is 14.9 Å². The number of thioether (sulfide) groups is 1. The van der Waals surface area contributed by atoms with Crippen LogP contribution in [-0.2, 0) is 4.79 Å². The summed E-state index contributed by atoms with van der Waals surface area (Å²) in [6.45, 7) is 2.83. The van der Waals surface area contributed by atoms with Gasteiger partial charge in [-0.1, -0.05) is 25.5 Å². The van der Waals surface area contributed by atoms with E-state index in [0.717, 1.165) is 35.9 Å². The number of nitrogens with one attached hydrogen (secondary N) is 1. The van der Waals surface area contributed by atoms with Crippen LogP contribution in [0.3, 0.4) is 0 Å². The standard InChI is InChI=1S/C14H15NO3S/c1-2-3-8-18-11-6-4-10(5-7-11)9-12-13(16)15-14(17)19-12/h4-7,9H,2-3,8H2,1H3,(H,15,16,17). The Morgan fingerprint density at radius 1 is 1.26 bits per heavy atom. The fraction of sp³-hybridized carbons (Fsp3) is 0.286. The summed E-state index contributed by atoms with van der Waals surface area (Å²) in [6.07, 6.45) is 3.83. The van der Waals surface area contributed by atoms with E-state index in [9.17, 15) is 9.59 Å². The number of benzene rings is 1. The van der Waals surface area contributed by atoms with E-state index in [1.54, 1.807) is 6.08 Å². The first-order chi connectivity index (χ1) is 9.19. The van der Waals surface area contributed by atoms with E-state index >= 15 is 0 Å². The third kappa shape index (κ3) is 3.86. The Morgan fingerprint density at radius 3 is 2.58 bits per heavy atom. The van der Waals surface area contributed by atoms with Gasteiger partial charge in [0.15, 0.2) is 0 Å². The first-order valence-corrected chi connectivity index (χ1v) is 6.98. The maximum atomic E-state index is 11.4. The Bertz CT molecular complexity index is 508. The lowest BCUT2D eigenvalue weighted by molar-refractivity contribution is -0.115. The first-order valence-electron chi connectivity index (χ1n) is 6.17. The predicted molar refractivity (Wildman–Crippen MR) is 76.0 cm³/mol. The summed E-state index contributed by atoms with van der Waals surface area (Å²) in [4.78, 5) is 22.8. The topological polar surface area (TPSA) is 55.4 Å². The molecule has 1 saturated heterocycles. The first kappa shape index (κ1) is 13.7. The highest BCUT2D eigenvalue weighted by atomic mass is 32.2. The van der Waals surface area contributed by atoms with E-state index in [-0.39, 0.29) is 11.1 Å². The molecule has 0 atom stereocenters. The second-order valence-corrected chi connectivity index (χ2v) is 5.14. The summed E-state index contributed by atoms with van der Waals surface area (Å²) in [5.74, 6) is 0.480. The van der Waals surface area contributed by atoms with Gasteiger partial charge < -0.3 is 4.74 Å². The van der Waals surface area contributed by atoms with Crippen molar-refractivity contribution in [2.24, 2.45) is 0 Å². The number of hydrogen-bond acceptors (Lipinski definition) is 4. The zero-order chi connectivity index (χ0) is 13.7. The number of unbranched alkanes of at least 4 members (excludes halogenated alkanes) is 1. The van der Waals surface area contributed by atoms with E-state index in [4.69, 9.17) is 4.74 Å². The van der Waals surface area contributed by atoms with Crippen molar-refractivity contribution >= 4 is 29.0 Å². The van der Waals surface area contributed by atoms with Crippen molar-refractivity contribution in [2.45, 2.75) is 19.8 Å². The Balaban J connectivity index is 2.00. The van der Waals surface area contributed by atoms with Crippen molar-refractivity contribution in [3.8, 4) is 5.75 Å². The van der Waals surface area contributed by atoms with Crippen molar-refractivity contribution in [1.82, 2.24) is 5.32 Å². The minimum Gasteiger partial charge on any atom is -0.494 e. The Kier molecular flexibility index (Phi) is 4.63. The minimum absolute atomic E-state index is 0.323. The molecule has 0 bridgehead atoms. The van der Waals surface area contributed by atoms with Crippen LogP contribution in [0, 0.1) is 0 Å². The quantitative estimate of drug-likeness (QED) is 0.663. The average molecular weight is 277 g/mol. The number of carbonyl (C=O) groups is 2. The van der Waals surface area contributed by atoms with Gasteiger partial charge in [-0.15, -0.1) is 0 Å². The Hall–Kier alpha value is -1.75. The summed E-state index contributed by atoms with van der Waals surface area (Å²) in [7, 11) is 0. The van der Waals surface area contributed by atoms with E-state index in [0.29, 0.717) is 11.5 Å². The average Bonchev–Trinajstić information content (AvgIpc) is 2.70. The molecule has 1 fully saturated rings. The highest BCUT2D eigenvalue weighted by molar-refractivity contribution is 8.18. The molecule has 2 rings (SSSR count). The van der Waals surface area contributed by atoms with Crippen LogP contribution in [-0.4, -0.2) is 17.8 Å². The molecular weight excluding hydrogens is 262 g/mol. The van der Waals surface area contributed by atoms with Crippen molar-refractivity contribution in [2.75, 3.05) is 6.61 Å². The zero-order valence-electron chi connectivity index (χ0n) is 10.6. The molecule has 0 saturated carbocycles. The molecule has 0 aromatic heterocycles. The van der Waals surface area contributed by atoms with Crippen LogP contribution in [0.15, 0.2) is 29.2 Å². The third-order valence-corrected chi connectivity index (χ3v) is 3.40. The monoisotopic (exact) mass is 277 g/mol. The Labute approximate surface area is 116 Å². The van der Waals surface area contributed by atoms with Gasteiger partial charge in [-0.05, 0) is 42.0 Å². The van der Waals surface area contributed by atoms with E-state index in [1.807, 2.05) is 24.3 Å². The van der Waals surface area contributed by atoms with Crippen LogP contribution >= 0.6 is 11.8 Å². The maximum Gasteiger partial charge on any atom is 0.290 e. The van der Waals surface area contributed by atoms with Gasteiger partial charge in [-0.25, -0.2) is 0 Å². The van der Waals surface area contributed by atoms with Gasteiger partial charge in [0.05, 0.1) is 11.5 Å². The lowest BCUT2D eigenvalue weighted by Gasteiger charge is -2.05. The molecule has 100 valence electrons. The van der Waals surface area contributed by atoms with Crippen LogP contribution < -0.4 is 10.1 Å². The van der Waals surface area contributed by atoms with E-state index in [2.05, 4.69) is 12.2 Å². The van der Waals surface area contributed by atoms with Crippen molar-refractivity contribution < 1.29 is 14.3 Å². The number of ether oxygens (including phenoxy) is 1. The molecule has 1 aliphatic heterocycles. The molecule has 0 radical (unpaired) electrons. The van der Waals surface area contributed by atoms with Crippen LogP contribution in [0.4, 0.5) is 4.79 Å². The number of amides is 2. The molecule has 0 aliphatic carbocycles. The fourth-order valence-electron chi connectivity index (χ4n) is 1.57. The molecule has 1 heterocycles. The summed E-state index contributed by atoms with van der Waals surface area (Å²) in [5.41, 5.74) is 0.871. The van der Waals surface area contributed by atoms with Crippen molar-refractivity contribution in [3.63, 3.8) is 0 Å². The second kappa shape index (κ2) is 6.43. The normalized spacial score (nSPS) is 16.8. The van der Waals surface area contributed by atoms with Gasteiger partial charge >= 0.3 is 0 Å². The summed E-state index contributed by atoms with van der Waals surface area (Å²) in [6, 6.07) is 7.46. The van der Waals surface area contributed by atoms with Crippen molar-refractivity contribution in [1.29, 1.82) is 0 Å². The molecule has 1 aliphatic rings. The molecular formula is C14H15NO3S.